The van der Waals surface area contributed by atoms with Gasteiger partial charge in [0.05, 0.1) is 19.1 Å². The normalized spacial score (nSPS) is 12.2. The molecule has 0 bridgehead atoms. The fraction of sp³-hybridized carbons (Fsp3) is 0.417. The summed E-state index contributed by atoms with van der Waals surface area (Å²) in [5, 5.41) is 18.4. The van der Waals surface area contributed by atoms with Crippen LogP contribution >= 0.6 is 11.6 Å². The number of aliphatic hydroxyl groups is 1. The number of hydrogen-bond donors (Lipinski definition) is 2. The molecule has 0 heterocycles. The van der Waals surface area contributed by atoms with Gasteiger partial charge in [-0.1, -0.05) is 11.6 Å². The van der Waals surface area contributed by atoms with Crippen LogP contribution in [0.2, 0.25) is 5.02 Å². The molecule has 0 aromatic heterocycles. The lowest BCUT2D eigenvalue weighted by atomic mass is 10.2. The third-order valence-corrected chi connectivity index (χ3v) is 2.49. The van der Waals surface area contributed by atoms with E-state index in [9.17, 15) is 9.90 Å². The van der Waals surface area contributed by atoms with Gasteiger partial charge in [-0.2, -0.15) is 0 Å². The Hall–Kier alpha value is -1.26. The summed E-state index contributed by atoms with van der Waals surface area (Å²) in [6, 6.07) is 5.25. The minimum Gasteiger partial charge on any atom is -0.493 e. The highest BCUT2D eigenvalue weighted by atomic mass is 35.5. The van der Waals surface area contributed by atoms with Crippen LogP contribution in [0.1, 0.15) is 18.4 Å². The molecule has 0 saturated heterocycles. The van der Waals surface area contributed by atoms with E-state index >= 15 is 0 Å². The lowest BCUT2D eigenvalue weighted by Gasteiger charge is -2.11. The van der Waals surface area contributed by atoms with E-state index < -0.39 is 12.1 Å². The average molecular weight is 259 g/mol. The van der Waals surface area contributed by atoms with Crippen molar-refractivity contribution < 1.29 is 19.7 Å². The molecule has 0 spiro atoms. The Morgan fingerprint density at radius 1 is 1.53 bits per heavy atom. The highest BCUT2D eigenvalue weighted by Gasteiger charge is 2.09. The maximum absolute atomic E-state index is 10.3. The van der Waals surface area contributed by atoms with Crippen LogP contribution in [-0.2, 0) is 4.79 Å². The summed E-state index contributed by atoms with van der Waals surface area (Å²) in [6.07, 6.45) is -0.850. The van der Waals surface area contributed by atoms with E-state index in [1.54, 1.807) is 18.2 Å². The van der Waals surface area contributed by atoms with Crippen LogP contribution in [0, 0.1) is 6.92 Å². The van der Waals surface area contributed by atoms with Gasteiger partial charge in [-0.05, 0) is 30.7 Å². The molecule has 4 nitrogen and oxygen atoms in total. The Kier molecular flexibility index (Phi) is 5.25. The molecule has 0 amide bonds. The molecule has 1 rings (SSSR count). The molecule has 0 fully saturated rings. The number of aliphatic carboxylic acids is 1. The second-order valence-corrected chi connectivity index (χ2v) is 4.24. The summed E-state index contributed by atoms with van der Waals surface area (Å²) in [5.41, 5.74) is 0.908. The molecule has 0 radical (unpaired) electrons. The monoisotopic (exact) mass is 258 g/mol. The van der Waals surface area contributed by atoms with Gasteiger partial charge < -0.3 is 14.9 Å². The van der Waals surface area contributed by atoms with Crippen LogP contribution in [0.5, 0.6) is 5.75 Å². The number of ether oxygens (including phenoxy) is 1. The molecule has 94 valence electrons. The first kappa shape index (κ1) is 13.8. The largest absolute Gasteiger partial charge is 0.493 e. The Balaban J connectivity index is 2.38. The molecule has 0 aliphatic heterocycles. The minimum absolute atomic E-state index is 0.261. The van der Waals surface area contributed by atoms with Crippen molar-refractivity contribution in [2.75, 3.05) is 6.61 Å². The van der Waals surface area contributed by atoms with Gasteiger partial charge in [0.2, 0.25) is 0 Å². The maximum Gasteiger partial charge on any atom is 0.305 e. The van der Waals surface area contributed by atoms with Crippen LogP contribution in [0.15, 0.2) is 18.2 Å². The number of carboxylic acid groups (broad SMARTS) is 1. The fourth-order valence-corrected chi connectivity index (χ4v) is 1.61. The summed E-state index contributed by atoms with van der Waals surface area (Å²) < 4.78 is 5.43. The Morgan fingerprint density at radius 2 is 2.24 bits per heavy atom. The van der Waals surface area contributed by atoms with E-state index in [2.05, 4.69) is 0 Å². The number of aryl methyl sites for hydroxylation is 1. The van der Waals surface area contributed by atoms with Gasteiger partial charge in [0, 0.05) is 11.4 Å². The van der Waals surface area contributed by atoms with Crippen LogP contribution in [0.25, 0.3) is 0 Å². The zero-order chi connectivity index (χ0) is 12.8. The van der Waals surface area contributed by atoms with Crippen molar-refractivity contribution in [3.8, 4) is 5.75 Å². The first-order valence-electron chi connectivity index (χ1n) is 5.28. The summed E-state index contributed by atoms with van der Waals surface area (Å²) in [7, 11) is 0. The molecule has 0 aliphatic rings. The van der Waals surface area contributed by atoms with E-state index in [0.717, 1.165) is 5.56 Å². The minimum atomic E-state index is -1.01. The quantitative estimate of drug-likeness (QED) is 0.821. The number of rotatable bonds is 6. The van der Waals surface area contributed by atoms with Gasteiger partial charge in [-0.25, -0.2) is 0 Å². The summed E-state index contributed by atoms with van der Waals surface area (Å²) in [5.74, 6) is -0.322. The fourth-order valence-electron chi connectivity index (χ4n) is 1.38. The third kappa shape index (κ3) is 5.06. The van der Waals surface area contributed by atoms with E-state index in [0.29, 0.717) is 10.8 Å². The van der Waals surface area contributed by atoms with E-state index in [1.807, 2.05) is 6.92 Å². The topological polar surface area (TPSA) is 66.8 Å². The zero-order valence-electron chi connectivity index (χ0n) is 9.52. The van der Waals surface area contributed by atoms with E-state index in [1.165, 1.54) is 0 Å². The number of hydrogen-bond acceptors (Lipinski definition) is 3. The van der Waals surface area contributed by atoms with Gasteiger partial charge in [0.15, 0.2) is 0 Å². The highest BCUT2D eigenvalue weighted by Crippen LogP contribution is 2.21. The Labute approximate surface area is 105 Å². The third-order valence-electron chi connectivity index (χ3n) is 2.26. The summed E-state index contributed by atoms with van der Waals surface area (Å²) in [4.78, 5) is 10.3. The second kappa shape index (κ2) is 6.47. The predicted octanol–water partition coefficient (Wildman–Crippen LogP) is 2.25. The lowest BCUT2D eigenvalue weighted by Crippen LogP contribution is -2.16. The maximum atomic E-state index is 10.3. The Bertz CT molecular complexity index is 392. The average Bonchev–Trinajstić information content (AvgIpc) is 2.20. The van der Waals surface area contributed by atoms with E-state index in [-0.39, 0.29) is 19.4 Å². The molecule has 1 unspecified atom stereocenters. The number of halogens is 1. The molecular formula is C12H15ClO4. The van der Waals surface area contributed by atoms with Crippen molar-refractivity contribution in [2.24, 2.45) is 0 Å². The van der Waals surface area contributed by atoms with Crippen molar-refractivity contribution in [3.05, 3.63) is 28.8 Å². The molecular weight excluding hydrogens is 244 g/mol. The molecule has 1 atom stereocenters. The smallest absolute Gasteiger partial charge is 0.305 e. The van der Waals surface area contributed by atoms with Crippen LogP contribution in [-0.4, -0.2) is 28.9 Å². The van der Waals surface area contributed by atoms with Gasteiger partial charge in [-0.15, -0.1) is 0 Å². The first-order chi connectivity index (χ1) is 7.99. The molecule has 0 saturated carbocycles. The zero-order valence-corrected chi connectivity index (χ0v) is 10.3. The van der Waals surface area contributed by atoms with Crippen molar-refractivity contribution in [1.29, 1.82) is 0 Å². The second-order valence-electron chi connectivity index (χ2n) is 3.80. The van der Waals surface area contributed by atoms with Crippen LogP contribution in [0.3, 0.4) is 0 Å². The van der Waals surface area contributed by atoms with Gasteiger partial charge in [0.25, 0.3) is 0 Å². The van der Waals surface area contributed by atoms with Gasteiger partial charge in [-0.3, -0.25) is 4.79 Å². The number of carboxylic acids is 1. The number of carbonyl (C=O) groups is 1. The molecule has 1 aromatic rings. The molecule has 17 heavy (non-hydrogen) atoms. The summed E-state index contributed by atoms with van der Waals surface area (Å²) >= 11 is 5.80. The van der Waals surface area contributed by atoms with Gasteiger partial charge in [0.1, 0.15) is 5.75 Å². The molecule has 2 N–H and O–H groups in total. The van der Waals surface area contributed by atoms with Crippen LogP contribution < -0.4 is 4.74 Å². The van der Waals surface area contributed by atoms with Crippen molar-refractivity contribution >= 4 is 17.6 Å². The molecule has 5 heteroatoms. The van der Waals surface area contributed by atoms with Crippen molar-refractivity contribution in [2.45, 2.75) is 25.9 Å². The van der Waals surface area contributed by atoms with Crippen molar-refractivity contribution in [1.82, 2.24) is 0 Å². The Morgan fingerprint density at radius 3 is 2.82 bits per heavy atom. The highest BCUT2D eigenvalue weighted by molar-refractivity contribution is 6.30. The van der Waals surface area contributed by atoms with E-state index in [4.69, 9.17) is 21.4 Å². The summed E-state index contributed by atoms with van der Waals surface area (Å²) in [6.45, 7) is 2.14. The SMILES string of the molecule is Cc1cc(Cl)ccc1OCCC(O)CC(=O)O. The van der Waals surface area contributed by atoms with Crippen LogP contribution in [0.4, 0.5) is 0 Å². The lowest BCUT2D eigenvalue weighted by molar-refractivity contribution is -0.139. The standard InChI is InChI=1S/C12H15ClO4/c1-8-6-9(13)2-3-11(8)17-5-4-10(14)7-12(15)16/h2-3,6,10,14H,4-5,7H2,1H3,(H,15,16). The number of aliphatic hydroxyl groups excluding tert-OH is 1. The van der Waals surface area contributed by atoms with Crippen molar-refractivity contribution in [3.63, 3.8) is 0 Å². The van der Waals surface area contributed by atoms with Gasteiger partial charge >= 0.3 is 5.97 Å². The first-order valence-corrected chi connectivity index (χ1v) is 5.65. The number of benzene rings is 1. The molecule has 1 aromatic carbocycles. The predicted molar refractivity (Wildman–Crippen MR) is 64.6 cm³/mol. The molecule has 0 aliphatic carbocycles.